The van der Waals surface area contributed by atoms with Crippen LogP contribution in [0.15, 0.2) is 59.6 Å². The van der Waals surface area contributed by atoms with E-state index in [0.717, 1.165) is 5.46 Å². The highest BCUT2D eigenvalue weighted by Gasteiger charge is 2.19. The van der Waals surface area contributed by atoms with Crippen LogP contribution in [0.25, 0.3) is 10.9 Å². The number of nitrogens with zero attached hydrogens (tertiary/aromatic N) is 1. The van der Waals surface area contributed by atoms with E-state index in [1.165, 1.54) is 28.4 Å². The van der Waals surface area contributed by atoms with Gasteiger partial charge < -0.3 is 0 Å². The van der Waals surface area contributed by atoms with Gasteiger partial charge in [0.05, 0.1) is 10.4 Å². The summed E-state index contributed by atoms with van der Waals surface area (Å²) in [5.41, 5.74) is 1.20. The van der Waals surface area contributed by atoms with E-state index in [4.69, 9.17) is 0 Å². The van der Waals surface area contributed by atoms with Gasteiger partial charge in [-0.05, 0) is 35.7 Å². The normalized spacial score (nSPS) is 11.8. The number of halogens is 1. The molecule has 0 bridgehead atoms. The number of hydrogen-bond acceptors (Lipinski definition) is 2. The highest BCUT2D eigenvalue weighted by atomic mass is 32.2. The molecule has 0 saturated carbocycles. The molecule has 0 aliphatic carbocycles. The Morgan fingerprint density at radius 2 is 1.75 bits per heavy atom. The average molecular weight is 287 g/mol. The maximum Gasteiger partial charge on any atom is 0.268 e. The first-order chi connectivity index (χ1) is 9.50. The van der Waals surface area contributed by atoms with Crippen LogP contribution in [0.1, 0.15) is 0 Å². The van der Waals surface area contributed by atoms with Crippen molar-refractivity contribution in [1.82, 2.24) is 3.97 Å². The van der Waals surface area contributed by atoms with Crippen molar-refractivity contribution in [2.75, 3.05) is 0 Å². The molecule has 0 unspecified atom stereocenters. The zero-order chi connectivity index (χ0) is 14.3. The van der Waals surface area contributed by atoms with Crippen molar-refractivity contribution in [3.63, 3.8) is 0 Å². The van der Waals surface area contributed by atoms with Crippen LogP contribution in [0.2, 0.25) is 0 Å². The third-order valence-corrected chi connectivity index (χ3v) is 4.92. The quantitative estimate of drug-likeness (QED) is 0.666. The highest BCUT2D eigenvalue weighted by molar-refractivity contribution is 7.90. The van der Waals surface area contributed by atoms with E-state index in [2.05, 4.69) is 0 Å². The molecule has 1 aromatic heterocycles. The molecule has 0 atom stereocenters. The molecule has 0 radical (unpaired) electrons. The van der Waals surface area contributed by atoms with Crippen LogP contribution >= 0.6 is 0 Å². The second kappa shape index (κ2) is 4.49. The summed E-state index contributed by atoms with van der Waals surface area (Å²) < 4.78 is 39.7. The zero-order valence-electron chi connectivity index (χ0n) is 10.7. The first kappa shape index (κ1) is 12.9. The molecule has 0 saturated heterocycles. The van der Waals surface area contributed by atoms with E-state index >= 15 is 0 Å². The maximum atomic E-state index is 13.3. The van der Waals surface area contributed by atoms with E-state index in [-0.39, 0.29) is 10.7 Å². The van der Waals surface area contributed by atoms with Gasteiger partial charge in [0.1, 0.15) is 13.7 Å². The van der Waals surface area contributed by atoms with E-state index in [9.17, 15) is 12.8 Å². The molecule has 20 heavy (non-hydrogen) atoms. The van der Waals surface area contributed by atoms with Gasteiger partial charge in [-0.2, -0.15) is 0 Å². The molecule has 0 fully saturated rings. The molecule has 0 aliphatic rings. The van der Waals surface area contributed by atoms with Gasteiger partial charge in [0.15, 0.2) is 0 Å². The topological polar surface area (TPSA) is 39.1 Å². The monoisotopic (exact) mass is 287 g/mol. The first-order valence-corrected chi connectivity index (χ1v) is 7.52. The lowest BCUT2D eigenvalue weighted by molar-refractivity contribution is 0.589. The Balaban J connectivity index is 2.31. The Labute approximate surface area is 117 Å². The Kier molecular flexibility index (Phi) is 2.90. The lowest BCUT2D eigenvalue weighted by atomic mass is 9.96. The molecule has 100 valence electrons. The number of hydrogen-bond donors (Lipinski definition) is 0. The summed E-state index contributed by atoms with van der Waals surface area (Å²) in [5.74, 6) is -0.379. The van der Waals surface area contributed by atoms with Gasteiger partial charge in [-0.3, -0.25) is 0 Å². The fourth-order valence-corrected chi connectivity index (χ4v) is 3.68. The second-order valence-electron chi connectivity index (χ2n) is 4.59. The standard InChI is InChI=1S/C14H11BFNO2S/c15-13-9-17(14-7-6-10(16)8-12(13)14)20(18,19)11-4-2-1-3-5-11/h1-9H,15H2. The van der Waals surface area contributed by atoms with Crippen LogP contribution in [-0.2, 0) is 10.0 Å². The Hall–Kier alpha value is -2.08. The first-order valence-electron chi connectivity index (χ1n) is 6.08. The largest absolute Gasteiger partial charge is 0.268 e. The minimum absolute atomic E-state index is 0.209. The van der Waals surface area contributed by atoms with Gasteiger partial charge >= 0.3 is 0 Å². The van der Waals surface area contributed by atoms with Crippen LogP contribution in [0.3, 0.4) is 0 Å². The summed E-state index contributed by atoms with van der Waals surface area (Å²) in [5, 5.41) is 0.601. The van der Waals surface area contributed by atoms with Gasteiger partial charge in [-0.15, -0.1) is 0 Å². The van der Waals surface area contributed by atoms with Crippen LogP contribution in [0.5, 0.6) is 0 Å². The minimum Gasteiger partial charge on any atom is -0.242 e. The van der Waals surface area contributed by atoms with Crippen LogP contribution < -0.4 is 5.46 Å². The van der Waals surface area contributed by atoms with E-state index in [1.807, 2.05) is 0 Å². The van der Waals surface area contributed by atoms with E-state index in [0.29, 0.717) is 10.9 Å². The lowest BCUT2D eigenvalue weighted by Crippen LogP contribution is -2.12. The van der Waals surface area contributed by atoms with Crippen molar-refractivity contribution in [3.05, 3.63) is 60.5 Å². The number of rotatable bonds is 2. The molecule has 2 aromatic carbocycles. The fraction of sp³-hybridized carbons (Fsp3) is 0. The molecule has 6 heteroatoms. The van der Waals surface area contributed by atoms with E-state index in [1.54, 1.807) is 38.2 Å². The van der Waals surface area contributed by atoms with Crippen molar-refractivity contribution in [2.24, 2.45) is 0 Å². The molecule has 1 heterocycles. The highest BCUT2D eigenvalue weighted by Crippen LogP contribution is 2.21. The lowest BCUT2D eigenvalue weighted by Gasteiger charge is -2.07. The molecule has 3 nitrogen and oxygen atoms in total. The Morgan fingerprint density at radius 1 is 1.05 bits per heavy atom. The van der Waals surface area contributed by atoms with Crippen molar-refractivity contribution in [2.45, 2.75) is 4.90 Å². The van der Waals surface area contributed by atoms with E-state index < -0.39 is 10.0 Å². The molecule has 3 rings (SSSR count). The molecular weight excluding hydrogens is 276 g/mol. The molecular formula is C14H11BFNO2S. The zero-order valence-corrected chi connectivity index (χ0v) is 11.6. The van der Waals surface area contributed by atoms with Crippen LogP contribution in [0, 0.1) is 5.82 Å². The third kappa shape index (κ3) is 1.93. The predicted octanol–water partition coefficient (Wildman–Crippen LogP) is 1.28. The van der Waals surface area contributed by atoms with Gasteiger partial charge in [0.2, 0.25) is 0 Å². The van der Waals surface area contributed by atoms with Gasteiger partial charge in [-0.1, -0.05) is 23.7 Å². The number of benzene rings is 2. The second-order valence-corrected chi connectivity index (χ2v) is 6.40. The molecule has 3 aromatic rings. The Morgan fingerprint density at radius 3 is 2.45 bits per heavy atom. The average Bonchev–Trinajstić information content (AvgIpc) is 2.77. The van der Waals surface area contributed by atoms with Crippen LogP contribution in [0.4, 0.5) is 4.39 Å². The SMILES string of the molecule is Bc1cn(S(=O)(=O)c2ccccc2)c2ccc(F)cc12. The van der Waals surface area contributed by atoms with Crippen molar-refractivity contribution in [3.8, 4) is 0 Å². The molecule has 0 spiro atoms. The maximum absolute atomic E-state index is 13.3. The fourth-order valence-electron chi connectivity index (χ4n) is 2.24. The summed E-state index contributed by atoms with van der Waals surface area (Å²) in [6.45, 7) is 0. The number of aromatic nitrogens is 1. The summed E-state index contributed by atoms with van der Waals surface area (Å²) in [7, 11) is -1.90. The molecule has 0 amide bonds. The smallest absolute Gasteiger partial charge is 0.242 e. The predicted molar refractivity (Wildman–Crippen MR) is 79.1 cm³/mol. The van der Waals surface area contributed by atoms with Crippen LogP contribution in [-0.4, -0.2) is 20.2 Å². The number of fused-ring (bicyclic) bond motifs is 1. The van der Waals surface area contributed by atoms with Crippen molar-refractivity contribution < 1.29 is 12.8 Å². The molecule has 0 N–H and O–H groups in total. The van der Waals surface area contributed by atoms with Crippen molar-refractivity contribution in [1.29, 1.82) is 0 Å². The summed E-state index contributed by atoms with van der Waals surface area (Å²) in [4.78, 5) is 0.209. The van der Waals surface area contributed by atoms with Crippen molar-refractivity contribution >= 4 is 34.2 Å². The van der Waals surface area contributed by atoms with Gasteiger partial charge in [0.25, 0.3) is 10.0 Å². The summed E-state index contributed by atoms with van der Waals surface area (Å²) in [6.07, 6.45) is 1.52. The summed E-state index contributed by atoms with van der Waals surface area (Å²) >= 11 is 0. The van der Waals surface area contributed by atoms with Gasteiger partial charge in [0, 0.05) is 6.20 Å². The molecule has 0 aliphatic heterocycles. The third-order valence-electron chi connectivity index (χ3n) is 3.23. The minimum atomic E-state index is -3.66. The van der Waals surface area contributed by atoms with Gasteiger partial charge in [-0.25, -0.2) is 16.8 Å². The summed E-state index contributed by atoms with van der Waals surface area (Å²) in [6, 6.07) is 12.3. The Bertz CT molecular complexity index is 888.